The Kier molecular flexibility index (Phi) is 5.58. The molecular weight excluding hydrogens is 358 g/mol. The molecule has 4 bridgehead atoms. The Morgan fingerprint density at radius 2 is 1.89 bits per heavy atom. The number of hydrogen-bond donors (Lipinski definition) is 1. The SMILES string of the molecule is C[C@H](NC(=O)COC(=O)CCCc1cccs1)C12CC3CC(CC(C3)C1)C2. The summed E-state index contributed by atoms with van der Waals surface area (Å²) in [5, 5.41) is 5.20. The van der Waals surface area contributed by atoms with Crippen LogP contribution in [0.4, 0.5) is 0 Å². The van der Waals surface area contributed by atoms with Crippen LogP contribution in [-0.4, -0.2) is 24.5 Å². The number of ether oxygens (including phenoxy) is 1. The highest BCUT2D eigenvalue weighted by Crippen LogP contribution is 2.61. The molecular formula is C22H31NO3S. The van der Waals surface area contributed by atoms with Gasteiger partial charge in [0.1, 0.15) is 0 Å². The first-order valence-electron chi connectivity index (χ1n) is 10.5. The van der Waals surface area contributed by atoms with Gasteiger partial charge in [-0.3, -0.25) is 9.59 Å². The molecule has 0 aliphatic heterocycles. The molecule has 1 heterocycles. The standard InChI is InChI=1S/C22H31NO3S/c1-15(22-11-16-8-17(12-22)10-18(9-16)13-22)23-20(24)14-26-21(25)6-2-4-19-5-3-7-27-19/h3,5,7,15-18H,2,4,6,8-14H2,1H3,(H,23,24)/t15-,16?,17?,18?,22?/m0/s1. The number of hydrogen-bond acceptors (Lipinski definition) is 4. The third kappa shape index (κ3) is 4.39. The largest absolute Gasteiger partial charge is 0.456 e. The average molecular weight is 390 g/mol. The number of rotatable bonds is 8. The van der Waals surface area contributed by atoms with Gasteiger partial charge in [-0.1, -0.05) is 6.07 Å². The van der Waals surface area contributed by atoms with Crippen molar-refractivity contribution in [2.75, 3.05) is 6.61 Å². The molecule has 4 nitrogen and oxygen atoms in total. The fraction of sp³-hybridized carbons (Fsp3) is 0.727. The van der Waals surface area contributed by atoms with Crippen LogP contribution in [0.2, 0.25) is 0 Å². The van der Waals surface area contributed by atoms with E-state index in [4.69, 9.17) is 4.74 Å². The number of carbonyl (C=O) groups excluding carboxylic acids is 2. The van der Waals surface area contributed by atoms with E-state index in [2.05, 4.69) is 18.3 Å². The van der Waals surface area contributed by atoms with E-state index in [1.807, 2.05) is 11.4 Å². The van der Waals surface area contributed by atoms with E-state index in [0.29, 0.717) is 6.42 Å². The molecule has 0 aromatic carbocycles. The second-order valence-electron chi connectivity index (χ2n) is 9.16. The molecule has 27 heavy (non-hydrogen) atoms. The topological polar surface area (TPSA) is 55.4 Å². The molecule has 0 spiro atoms. The van der Waals surface area contributed by atoms with Crippen LogP contribution in [0.15, 0.2) is 17.5 Å². The lowest BCUT2D eigenvalue weighted by Gasteiger charge is -2.59. The van der Waals surface area contributed by atoms with E-state index in [0.717, 1.165) is 30.6 Å². The molecule has 1 aromatic rings. The predicted octanol–water partition coefficient (Wildman–Crippen LogP) is 4.34. The summed E-state index contributed by atoms with van der Waals surface area (Å²) in [7, 11) is 0. The van der Waals surface area contributed by atoms with Crippen molar-refractivity contribution < 1.29 is 14.3 Å². The van der Waals surface area contributed by atoms with Crippen molar-refractivity contribution in [3.05, 3.63) is 22.4 Å². The highest BCUT2D eigenvalue weighted by Gasteiger charge is 2.53. The Morgan fingerprint density at radius 1 is 1.22 bits per heavy atom. The van der Waals surface area contributed by atoms with E-state index in [1.54, 1.807) is 11.3 Å². The van der Waals surface area contributed by atoms with Gasteiger partial charge in [0.2, 0.25) is 0 Å². The van der Waals surface area contributed by atoms with Gasteiger partial charge < -0.3 is 10.1 Å². The molecule has 4 fully saturated rings. The van der Waals surface area contributed by atoms with Crippen LogP contribution < -0.4 is 5.32 Å². The molecule has 1 aromatic heterocycles. The second-order valence-corrected chi connectivity index (χ2v) is 10.2. The van der Waals surface area contributed by atoms with Gasteiger partial charge in [-0.15, -0.1) is 11.3 Å². The van der Waals surface area contributed by atoms with Crippen molar-refractivity contribution in [3.8, 4) is 0 Å². The van der Waals surface area contributed by atoms with E-state index in [9.17, 15) is 9.59 Å². The zero-order valence-corrected chi connectivity index (χ0v) is 17.1. The number of aryl methyl sites for hydroxylation is 1. The molecule has 0 saturated heterocycles. The predicted molar refractivity (Wildman–Crippen MR) is 106 cm³/mol. The Bertz CT molecular complexity index is 634. The highest BCUT2D eigenvalue weighted by atomic mass is 32.1. The maximum absolute atomic E-state index is 12.3. The van der Waals surface area contributed by atoms with Crippen molar-refractivity contribution in [1.82, 2.24) is 5.32 Å². The number of nitrogens with one attached hydrogen (secondary N) is 1. The van der Waals surface area contributed by atoms with Crippen molar-refractivity contribution >= 4 is 23.2 Å². The van der Waals surface area contributed by atoms with Gasteiger partial charge in [0.15, 0.2) is 6.61 Å². The summed E-state index contributed by atoms with van der Waals surface area (Å²) in [6.07, 6.45) is 10.0. The van der Waals surface area contributed by atoms with Gasteiger partial charge in [-0.25, -0.2) is 0 Å². The second kappa shape index (κ2) is 7.94. The monoisotopic (exact) mass is 389 g/mol. The summed E-state index contributed by atoms with van der Waals surface area (Å²) >= 11 is 1.71. The van der Waals surface area contributed by atoms with Crippen molar-refractivity contribution in [2.24, 2.45) is 23.2 Å². The molecule has 4 aliphatic rings. The van der Waals surface area contributed by atoms with Gasteiger partial charge in [0, 0.05) is 17.3 Å². The van der Waals surface area contributed by atoms with Crippen LogP contribution in [0.3, 0.4) is 0 Å². The molecule has 0 unspecified atom stereocenters. The number of amides is 1. The molecule has 5 rings (SSSR count). The fourth-order valence-corrected chi connectivity index (χ4v) is 6.98. The molecule has 4 aliphatic carbocycles. The summed E-state index contributed by atoms with van der Waals surface area (Å²) < 4.78 is 5.20. The minimum absolute atomic E-state index is 0.144. The summed E-state index contributed by atoms with van der Waals surface area (Å²) in [5.41, 5.74) is 0.287. The van der Waals surface area contributed by atoms with Gasteiger partial charge in [-0.2, -0.15) is 0 Å². The third-order valence-corrected chi connectivity index (χ3v) is 8.07. The van der Waals surface area contributed by atoms with E-state index in [1.165, 1.54) is 43.4 Å². The summed E-state index contributed by atoms with van der Waals surface area (Å²) in [6.45, 7) is 2.02. The van der Waals surface area contributed by atoms with E-state index in [-0.39, 0.29) is 29.9 Å². The van der Waals surface area contributed by atoms with Crippen LogP contribution in [-0.2, 0) is 20.7 Å². The minimum atomic E-state index is -0.274. The lowest BCUT2D eigenvalue weighted by molar-refractivity contribution is -0.149. The molecule has 1 atom stereocenters. The van der Waals surface area contributed by atoms with E-state index >= 15 is 0 Å². The lowest BCUT2D eigenvalue weighted by Crippen LogP contribution is -2.56. The Morgan fingerprint density at radius 3 is 2.48 bits per heavy atom. The zero-order chi connectivity index (χ0) is 18.9. The minimum Gasteiger partial charge on any atom is -0.456 e. The fourth-order valence-electron chi connectivity index (χ4n) is 6.22. The first kappa shape index (κ1) is 19.0. The maximum Gasteiger partial charge on any atom is 0.306 e. The summed E-state index contributed by atoms with van der Waals surface area (Å²) in [6, 6.07) is 4.28. The summed E-state index contributed by atoms with van der Waals surface area (Å²) in [5.74, 6) is 2.19. The normalized spacial score (nSPS) is 32.3. The first-order valence-corrected chi connectivity index (χ1v) is 11.4. The van der Waals surface area contributed by atoms with E-state index < -0.39 is 0 Å². The number of carbonyl (C=O) groups is 2. The summed E-state index contributed by atoms with van der Waals surface area (Å²) in [4.78, 5) is 25.5. The zero-order valence-electron chi connectivity index (χ0n) is 16.2. The lowest BCUT2D eigenvalue weighted by atomic mass is 9.48. The van der Waals surface area contributed by atoms with Crippen molar-refractivity contribution in [1.29, 1.82) is 0 Å². The first-order chi connectivity index (χ1) is 13.0. The third-order valence-electron chi connectivity index (χ3n) is 7.13. The average Bonchev–Trinajstić information content (AvgIpc) is 3.12. The van der Waals surface area contributed by atoms with Gasteiger partial charge >= 0.3 is 5.97 Å². The molecule has 0 radical (unpaired) electrons. The smallest absolute Gasteiger partial charge is 0.306 e. The van der Waals surface area contributed by atoms with Gasteiger partial charge in [-0.05, 0) is 92.9 Å². The van der Waals surface area contributed by atoms with Crippen LogP contribution in [0.5, 0.6) is 0 Å². The molecule has 5 heteroatoms. The van der Waals surface area contributed by atoms with Crippen LogP contribution >= 0.6 is 11.3 Å². The van der Waals surface area contributed by atoms with Gasteiger partial charge in [0.25, 0.3) is 5.91 Å². The molecule has 1 amide bonds. The van der Waals surface area contributed by atoms with Crippen LogP contribution in [0, 0.1) is 23.2 Å². The number of esters is 1. The Labute approximate surface area is 166 Å². The highest BCUT2D eigenvalue weighted by molar-refractivity contribution is 7.09. The molecule has 1 N–H and O–H groups in total. The Hall–Kier alpha value is -1.36. The van der Waals surface area contributed by atoms with Crippen molar-refractivity contribution in [3.63, 3.8) is 0 Å². The van der Waals surface area contributed by atoms with Crippen LogP contribution in [0.1, 0.15) is 63.2 Å². The maximum atomic E-state index is 12.3. The van der Waals surface area contributed by atoms with Crippen LogP contribution in [0.25, 0.3) is 0 Å². The Balaban J connectivity index is 1.18. The molecule has 4 saturated carbocycles. The van der Waals surface area contributed by atoms with Gasteiger partial charge in [0.05, 0.1) is 0 Å². The molecule has 148 valence electrons. The quantitative estimate of drug-likeness (QED) is 0.673. The van der Waals surface area contributed by atoms with Crippen molar-refractivity contribution in [2.45, 2.75) is 70.8 Å². The number of thiophene rings is 1.